The van der Waals surface area contributed by atoms with Gasteiger partial charge in [0.15, 0.2) is 6.10 Å². The molecule has 0 bridgehead atoms. The second-order valence-electron chi connectivity index (χ2n) is 5.74. The Labute approximate surface area is 114 Å². The molecule has 1 unspecified atom stereocenters. The Morgan fingerprint density at radius 2 is 1.70 bits per heavy atom. The number of likely N-dealkylation sites (tertiary alicyclic amines) is 1. The maximum Gasteiger partial charge on any atom is 0.416 e. The zero-order valence-corrected chi connectivity index (χ0v) is 11.1. The number of alkyl halides is 3. The third-order valence-corrected chi connectivity index (χ3v) is 4.28. The van der Waals surface area contributed by atoms with Gasteiger partial charge in [-0.25, -0.2) is 0 Å². The van der Waals surface area contributed by atoms with Gasteiger partial charge < -0.3 is 5.11 Å². The molecule has 1 aliphatic carbocycles. The van der Waals surface area contributed by atoms with Crippen LogP contribution in [0.25, 0.3) is 0 Å². The molecule has 1 saturated heterocycles. The zero-order chi connectivity index (χ0) is 15.0. The molecular weight excluding hydrogens is 275 g/mol. The van der Waals surface area contributed by atoms with Crippen molar-refractivity contribution in [3.8, 4) is 0 Å². The monoisotopic (exact) mass is 293 g/mol. The van der Waals surface area contributed by atoms with E-state index in [1.807, 2.05) is 0 Å². The molecule has 2 amide bonds. The van der Waals surface area contributed by atoms with E-state index in [1.54, 1.807) is 0 Å². The summed E-state index contributed by atoms with van der Waals surface area (Å²) in [5.74, 6) is -1.13. The standard InChI is InChI=1S/C13H18F3NO3/c14-13(15,16)9(18)8-17-10(19)7-12(11(17)20)5-3-1-2-4-6-12/h9,18H,1-8H2. The minimum atomic E-state index is -4.82. The van der Waals surface area contributed by atoms with Gasteiger partial charge in [-0.05, 0) is 12.8 Å². The molecule has 1 atom stereocenters. The number of imide groups is 1. The molecule has 1 heterocycles. The summed E-state index contributed by atoms with van der Waals surface area (Å²) in [4.78, 5) is 24.8. The normalized spacial score (nSPS) is 25.1. The molecule has 0 aromatic rings. The van der Waals surface area contributed by atoms with E-state index >= 15 is 0 Å². The largest absolute Gasteiger partial charge is 0.416 e. The Morgan fingerprint density at radius 3 is 2.20 bits per heavy atom. The van der Waals surface area contributed by atoms with Crippen molar-refractivity contribution < 1.29 is 27.9 Å². The van der Waals surface area contributed by atoms with Gasteiger partial charge in [0.25, 0.3) is 0 Å². The van der Waals surface area contributed by atoms with Crippen LogP contribution in [0, 0.1) is 5.41 Å². The summed E-state index contributed by atoms with van der Waals surface area (Å²) >= 11 is 0. The van der Waals surface area contributed by atoms with Gasteiger partial charge in [0.05, 0.1) is 12.0 Å². The molecule has 2 aliphatic rings. The second kappa shape index (κ2) is 5.35. The molecule has 0 aromatic heterocycles. The number of amides is 2. The number of β-amino-alcohol motifs (C(OH)–C–C–N with tert-alkyl or cyclic N) is 1. The molecule has 1 saturated carbocycles. The van der Waals surface area contributed by atoms with Crippen LogP contribution in [0.2, 0.25) is 0 Å². The summed E-state index contributed by atoms with van der Waals surface area (Å²) in [6.45, 7) is -0.983. The van der Waals surface area contributed by atoms with Crippen LogP contribution in [-0.4, -0.2) is 40.6 Å². The van der Waals surface area contributed by atoms with Crippen molar-refractivity contribution in [1.29, 1.82) is 0 Å². The maximum absolute atomic E-state index is 12.4. The first-order valence-electron chi connectivity index (χ1n) is 6.86. The summed E-state index contributed by atoms with van der Waals surface area (Å²) in [5, 5.41) is 9.05. The fraction of sp³-hybridized carbons (Fsp3) is 0.846. The molecule has 7 heteroatoms. The molecule has 2 rings (SSSR count). The van der Waals surface area contributed by atoms with Crippen LogP contribution in [0.4, 0.5) is 13.2 Å². The number of aliphatic hydroxyl groups is 1. The molecule has 20 heavy (non-hydrogen) atoms. The van der Waals surface area contributed by atoms with Gasteiger partial charge in [-0.3, -0.25) is 14.5 Å². The molecule has 0 radical (unpaired) electrons. The summed E-state index contributed by atoms with van der Waals surface area (Å²) in [6, 6.07) is 0. The first-order valence-corrected chi connectivity index (χ1v) is 6.86. The average molecular weight is 293 g/mol. The lowest BCUT2D eigenvalue weighted by molar-refractivity contribution is -0.208. The Kier molecular flexibility index (Phi) is 4.09. The smallest absolute Gasteiger partial charge is 0.382 e. The average Bonchev–Trinajstić information content (AvgIpc) is 2.55. The van der Waals surface area contributed by atoms with Crippen LogP contribution < -0.4 is 0 Å². The van der Waals surface area contributed by atoms with Crippen LogP contribution in [-0.2, 0) is 9.59 Å². The van der Waals surface area contributed by atoms with Gasteiger partial charge >= 0.3 is 6.18 Å². The van der Waals surface area contributed by atoms with Crippen molar-refractivity contribution in [2.45, 2.75) is 57.2 Å². The van der Waals surface area contributed by atoms with Gasteiger partial charge in [-0.15, -0.1) is 0 Å². The Bertz CT molecular complexity index is 400. The highest BCUT2D eigenvalue weighted by Gasteiger charge is 2.53. The highest BCUT2D eigenvalue weighted by atomic mass is 19.4. The van der Waals surface area contributed by atoms with Crippen LogP contribution in [0.1, 0.15) is 44.9 Å². The second-order valence-corrected chi connectivity index (χ2v) is 5.74. The van der Waals surface area contributed by atoms with Crippen LogP contribution >= 0.6 is 0 Å². The van der Waals surface area contributed by atoms with Crippen molar-refractivity contribution in [1.82, 2.24) is 4.90 Å². The number of rotatable bonds is 2. The fourth-order valence-electron chi connectivity index (χ4n) is 3.12. The number of nitrogens with zero attached hydrogens (tertiary/aromatic N) is 1. The third kappa shape index (κ3) is 2.82. The molecule has 2 fully saturated rings. The fourth-order valence-corrected chi connectivity index (χ4v) is 3.12. The van der Waals surface area contributed by atoms with Gasteiger partial charge in [-0.1, -0.05) is 25.7 Å². The number of halogens is 3. The van der Waals surface area contributed by atoms with Crippen molar-refractivity contribution >= 4 is 11.8 Å². The number of hydrogen-bond acceptors (Lipinski definition) is 3. The minimum Gasteiger partial charge on any atom is -0.382 e. The predicted molar refractivity (Wildman–Crippen MR) is 63.5 cm³/mol. The predicted octanol–water partition coefficient (Wildman–Crippen LogP) is 2.01. The lowest BCUT2D eigenvalue weighted by Gasteiger charge is -2.26. The number of carbonyl (C=O) groups is 2. The van der Waals surface area contributed by atoms with E-state index in [2.05, 4.69) is 0 Å². The topological polar surface area (TPSA) is 57.6 Å². The molecule has 114 valence electrons. The number of aliphatic hydroxyl groups excluding tert-OH is 1. The summed E-state index contributed by atoms with van der Waals surface area (Å²) in [5.41, 5.74) is -0.821. The highest BCUT2D eigenvalue weighted by molar-refractivity contribution is 6.05. The highest BCUT2D eigenvalue weighted by Crippen LogP contribution is 2.44. The first kappa shape index (κ1) is 15.3. The quantitative estimate of drug-likeness (QED) is 0.792. The molecule has 1 N–H and O–H groups in total. The summed E-state index contributed by atoms with van der Waals surface area (Å²) < 4.78 is 37.1. The zero-order valence-electron chi connectivity index (χ0n) is 11.1. The molecular formula is C13H18F3NO3. The number of hydrogen-bond donors (Lipinski definition) is 1. The molecule has 0 aromatic carbocycles. The minimum absolute atomic E-state index is 0.0174. The van der Waals surface area contributed by atoms with E-state index in [0.717, 1.165) is 25.7 Å². The van der Waals surface area contributed by atoms with Crippen LogP contribution in [0.15, 0.2) is 0 Å². The van der Waals surface area contributed by atoms with Gasteiger partial charge in [-0.2, -0.15) is 13.2 Å². The van der Waals surface area contributed by atoms with E-state index in [9.17, 15) is 22.8 Å². The lowest BCUT2D eigenvalue weighted by Crippen LogP contribution is -2.45. The van der Waals surface area contributed by atoms with Crippen molar-refractivity contribution in [3.05, 3.63) is 0 Å². The van der Waals surface area contributed by atoms with E-state index in [-0.39, 0.29) is 6.42 Å². The molecule has 1 spiro atoms. The summed E-state index contributed by atoms with van der Waals surface area (Å²) in [7, 11) is 0. The van der Waals surface area contributed by atoms with Crippen LogP contribution in [0.5, 0.6) is 0 Å². The van der Waals surface area contributed by atoms with Crippen molar-refractivity contribution in [2.24, 2.45) is 5.41 Å². The third-order valence-electron chi connectivity index (χ3n) is 4.28. The van der Waals surface area contributed by atoms with E-state index < -0.39 is 36.1 Å². The van der Waals surface area contributed by atoms with Gasteiger partial charge in [0.2, 0.25) is 11.8 Å². The van der Waals surface area contributed by atoms with Gasteiger partial charge in [0.1, 0.15) is 0 Å². The Morgan fingerprint density at radius 1 is 1.15 bits per heavy atom. The van der Waals surface area contributed by atoms with E-state index in [0.29, 0.717) is 17.7 Å². The Hall–Kier alpha value is -1.11. The van der Waals surface area contributed by atoms with Crippen molar-refractivity contribution in [2.75, 3.05) is 6.54 Å². The van der Waals surface area contributed by atoms with Gasteiger partial charge in [0, 0.05) is 6.42 Å². The summed E-state index contributed by atoms with van der Waals surface area (Å²) in [6.07, 6.45) is -2.81. The Balaban J connectivity index is 2.12. The van der Waals surface area contributed by atoms with E-state index in [1.165, 1.54) is 0 Å². The first-order chi connectivity index (χ1) is 9.26. The molecule has 4 nitrogen and oxygen atoms in total. The van der Waals surface area contributed by atoms with Crippen molar-refractivity contribution in [3.63, 3.8) is 0 Å². The van der Waals surface area contributed by atoms with E-state index in [4.69, 9.17) is 5.11 Å². The lowest BCUT2D eigenvalue weighted by atomic mass is 9.79. The SMILES string of the molecule is O=C1CC2(CCCCCC2)C(=O)N1CC(O)C(F)(F)F. The molecule has 1 aliphatic heterocycles. The number of carbonyl (C=O) groups excluding carboxylic acids is 2. The maximum atomic E-state index is 12.4. The van der Waals surface area contributed by atoms with Crippen LogP contribution in [0.3, 0.4) is 0 Å².